The van der Waals surface area contributed by atoms with E-state index in [9.17, 15) is 18.0 Å². The Bertz CT molecular complexity index is 1140. The molecule has 0 bridgehead atoms. The zero-order valence-corrected chi connectivity index (χ0v) is 23.2. The summed E-state index contributed by atoms with van der Waals surface area (Å²) in [6.45, 7) is 5.79. The molecule has 36 heavy (non-hydrogen) atoms. The van der Waals surface area contributed by atoms with Crippen molar-refractivity contribution in [3.8, 4) is 5.75 Å². The number of sulfonamides is 1. The van der Waals surface area contributed by atoms with Gasteiger partial charge in [-0.15, -0.1) is 0 Å². The van der Waals surface area contributed by atoms with Gasteiger partial charge < -0.3 is 15.0 Å². The highest BCUT2D eigenvalue weighted by molar-refractivity contribution is 7.92. The van der Waals surface area contributed by atoms with Crippen molar-refractivity contribution >= 4 is 39.1 Å². The number of carbonyl (C=O) groups excluding carboxylic acids is 2. The van der Waals surface area contributed by atoms with E-state index in [1.54, 1.807) is 44.4 Å². The average molecular weight is 538 g/mol. The Hall–Kier alpha value is -2.78. The summed E-state index contributed by atoms with van der Waals surface area (Å²) >= 11 is 6.05. The van der Waals surface area contributed by atoms with E-state index in [1.165, 1.54) is 4.90 Å². The van der Waals surface area contributed by atoms with Gasteiger partial charge in [-0.25, -0.2) is 8.42 Å². The number of unbranched alkanes of at least 4 members (excludes halogenated alkanes) is 1. The molecular weight excluding hydrogens is 502 g/mol. The van der Waals surface area contributed by atoms with Crippen LogP contribution in [0, 0.1) is 6.92 Å². The van der Waals surface area contributed by atoms with Crippen molar-refractivity contribution < 1.29 is 22.7 Å². The number of aryl methyl sites for hydroxylation is 1. The molecule has 1 N–H and O–H groups in total. The Morgan fingerprint density at radius 3 is 2.31 bits per heavy atom. The van der Waals surface area contributed by atoms with Gasteiger partial charge in [0, 0.05) is 18.1 Å². The zero-order valence-electron chi connectivity index (χ0n) is 21.6. The third kappa shape index (κ3) is 8.13. The number of anilines is 1. The predicted octanol–water partition coefficient (Wildman–Crippen LogP) is 4.15. The number of nitrogens with zero attached hydrogens (tertiary/aromatic N) is 2. The average Bonchev–Trinajstić information content (AvgIpc) is 2.82. The van der Waals surface area contributed by atoms with Crippen LogP contribution < -0.4 is 14.4 Å². The molecule has 2 aromatic rings. The zero-order chi connectivity index (χ0) is 26.9. The highest BCUT2D eigenvalue weighted by Crippen LogP contribution is 2.26. The maximum Gasteiger partial charge on any atom is 0.244 e. The molecule has 0 aliphatic rings. The Morgan fingerprint density at radius 2 is 1.78 bits per heavy atom. The summed E-state index contributed by atoms with van der Waals surface area (Å²) in [5, 5.41) is 3.37. The number of methoxy groups -OCH3 is 1. The summed E-state index contributed by atoms with van der Waals surface area (Å²) in [5.74, 6) is -0.0769. The summed E-state index contributed by atoms with van der Waals surface area (Å²) in [4.78, 5) is 28.2. The number of halogens is 1. The first kappa shape index (κ1) is 29.5. The number of ether oxygens (including phenoxy) is 1. The highest BCUT2D eigenvalue weighted by Gasteiger charge is 2.32. The molecule has 0 aliphatic heterocycles. The summed E-state index contributed by atoms with van der Waals surface area (Å²) in [6, 6.07) is 11.2. The molecule has 0 fully saturated rings. The monoisotopic (exact) mass is 537 g/mol. The fraction of sp³-hybridized carbons (Fsp3) is 0.462. The molecule has 0 heterocycles. The van der Waals surface area contributed by atoms with Crippen molar-refractivity contribution in [2.45, 2.75) is 52.6 Å². The first-order valence-electron chi connectivity index (χ1n) is 12.0. The van der Waals surface area contributed by atoms with Gasteiger partial charge in [-0.3, -0.25) is 13.9 Å². The maximum atomic E-state index is 13.7. The number of benzene rings is 2. The lowest BCUT2D eigenvalue weighted by molar-refractivity contribution is -0.140. The first-order chi connectivity index (χ1) is 17.0. The van der Waals surface area contributed by atoms with E-state index >= 15 is 0 Å². The van der Waals surface area contributed by atoms with Crippen LogP contribution in [0.15, 0.2) is 42.5 Å². The van der Waals surface area contributed by atoms with Crippen molar-refractivity contribution in [3.05, 3.63) is 58.6 Å². The minimum absolute atomic E-state index is 0.139. The SMILES string of the molecule is CCCCNC(=O)[C@@H](CC)N(Cc1ccc(OC)cc1)C(=O)CN(c1ccc(Cl)cc1C)S(C)(=O)=O. The number of carbonyl (C=O) groups is 2. The molecule has 0 aliphatic carbocycles. The quantitative estimate of drug-likeness (QED) is 0.387. The molecule has 1 atom stereocenters. The van der Waals surface area contributed by atoms with Crippen LogP contribution in [0.3, 0.4) is 0 Å². The molecule has 8 nitrogen and oxygen atoms in total. The second-order valence-corrected chi connectivity index (χ2v) is 11.0. The molecule has 0 spiro atoms. The van der Waals surface area contributed by atoms with E-state index in [0.29, 0.717) is 35.0 Å². The lowest BCUT2D eigenvalue weighted by atomic mass is 10.1. The van der Waals surface area contributed by atoms with E-state index in [4.69, 9.17) is 16.3 Å². The van der Waals surface area contributed by atoms with Crippen molar-refractivity contribution in [1.82, 2.24) is 10.2 Å². The van der Waals surface area contributed by atoms with Crippen molar-refractivity contribution in [2.75, 3.05) is 30.8 Å². The molecule has 2 amide bonds. The van der Waals surface area contributed by atoms with Gasteiger partial charge in [0.1, 0.15) is 18.3 Å². The normalized spacial score (nSPS) is 12.1. The molecule has 0 unspecified atom stereocenters. The minimum atomic E-state index is -3.81. The van der Waals surface area contributed by atoms with Gasteiger partial charge in [0.15, 0.2) is 0 Å². The van der Waals surface area contributed by atoms with Gasteiger partial charge in [0.05, 0.1) is 19.1 Å². The summed E-state index contributed by atoms with van der Waals surface area (Å²) in [6.07, 6.45) is 3.18. The predicted molar refractivity (Wildman–Crippen MR) is 144 cm³/mol. The Kier molecular flexibility index (Phi) is 11.0. The van der Waals surface area contributed by atoms with Crippen LogP contribution in [0.25, 0.3) is 0 Å². The number of amides is 2. The minimum Gasteiger partial charge on any atom is -0.497 e. The van der Waals surface area contributed by atoms with Gasteiger partial charge in [-0.2, -0.15) is 0 Å². The van der Waals surface area contributed by atoms with Gasteiger partial charge in [-0.1, -0.05) is 44.0 Å². The number of rotatable bonds is 13. The molecular formula is C26H36ClN3O5S. The van der Waals surface area contributed by atoms with Crippen molar-refractivity contribution in [3.63, 3.8) is 0 Å². The van der Waals surface area contributed by atoms with E-state index < -0.39 is 28.5 Å². The van der Waals surface area contributed by atoms with Gasteiger partial charge in [0.2, 0.25) is 21.8 Å². The van der Waals surface area contributed by atoms with E-state index in [1.807, 2.05) is 26.0 Å². The standard InChI is InChI=1S/C26H36ClN3O5S/c1-6-8-15-28-26(32)23(7-2)29(17-20-9-12-22(35-4)13-10-20)25(31)18-30(36(5,33)34)24-14-11-21(27)16-19(24)3/h9-14,16,23H,6-8,15,17-18H2,1-5H3,(H,28,32)/t23-/m1/s1. The highest BCUT2D eigenvalue weighted by atomic mass is 35.5. The molecule has 0 saturated carbocycles. The fourth-order valence-corrected chi connectivity index (χ4v) is 4.98. The summed E-state index contributed by atoms with van der Waals surface area (Å²) < 4.78 is 31.7. The first-order valence-corrected chi connectivity index (χ1v) is 14.2. The summed E-state index contributed by atoms with van der Waals surface area (Å²) in [5.41, 5.74) is 1.77. The second kappa shape index (κ2) is 13.5. The van der Waals surface area contributed by atoms with Crippen molar-refractivity contribution in [1.29, 1.82) is 0 Å². The lowest BCUT2D eigenvalue weighted by Crippen LogP contribution is -2.52. The van der Waals surface area contributed by atoms with Crippen LogP contribution in [-0.2, 0) is 26.2 Å². The van der Waals surface area contributed by atoms with Gasteiger partial charge >= 0.3 is 0 Å². The Morgan fingerprint density at radius 1 is 1.11 bits per heavy atom. The van der Waals surface area contributed by atoms with Crippen LogP contribution in [-0.4, -0.2) is 57.6 Å². The second-order valence-electron chi connectivity index (χ2n) is 8.64. The molecule has 0 radical (unpaired) electrons. The number of hydrogen-bond acceptors (Lipinski definition) is 5. The largest absolute Gasteiger partial charge is 0.497 e. The topological polar surface area (TPSA) is 96.0 Å². The Balaban J connectivity index is 2.43. The molecule has 10 heteroatoms. The Labute approximate surface area is 219 Å². The fourth-order valence-electron chi connectivity index (χ4n) is 3.85. The number of hydrogen-bond donors (Lipinski definition) is 1. The van der Waals surface area contributed by atoms with Gasteiger partial charge in [-0.05, 0) is 61.2 Å². The van der Waals surface area contributed by atoms with Crippen LogP contribution in [0.4, 0.5) is 5.69 Å². The van der Waals surface area contributed by atoms with Crippen LogP contribution >= 0.6 is 11.6 Å². The van der Waals surface area contributed by atoms with Gasteiger partial charge in [0.25, 0.3) is 0 Å². The molecule has 2 rings (SSSR count). The number of nitrogens with one attached hydrogen (secondary N) is 1. The molecule has 0 aromatic heterocycles. The van der Waals surface area contributed by atoms with Crippen molar-refractivity contribution in [2.24, 2.45) is 0 Å². The molecule has 0 saturated heterocycles. The van der Waals surface area contributed by atoms with E-state index in [0.717, 1.165) is 29.0 Å². The van der Waals surface area contributed by atoms with E-state index in [2.05, 4.69) is 5.32 Å². The lowest BCUT2D eigenvalue weighted by Gasteiger charge is -2.33. The van der Waals surface area contributed by atoms with Crippen LogP contribution in [0.5, 0.6) is 5.75 Å². The third-order valence-electron chi connectivity index (χ3n) is 5.83. The smallest absolute Gasteiger partial charge is 0.244 e. The van der Waals surface area contributed by atoms with Crippen LogP contribution in [0.2, 0.25) is 5.02 Å². The third-order valence-corrected chi connectivity index (χ3v) is 7.20. The van der Waals surface area contributed by atoms with E-state index in [-0.39, 0.29) is 12.5 Å². The van der Waals surface area contributed by atoms with Crippen LogP contribution in [0.1, 0.15) is 44.2 Å². The summed E-state index contributed by atoms with van der Waals surface area (Å²) in [7, 11) is -2.24. The molecule has 198 valence electrons. The molecule has 2 aromatic carbocycles. The maximum absolute atomic E-state index is 13.7.